The van der Waals surface area contributed by atoms with Crippen molar-refractivity contribution in [2.45, 2.75) is 13.0 Å². The summed E-state index contributed by atoms with van der Waals surface area (Å²) >= 11 is 1.71. The van der Waals surface area contributed by atoms with Gasteiger partial charge in [0.1, 0.15) is 12.1 Å². The first-order chi connectivity index (χ1) is 10.6. The van der Waals surface area contributed by atoms with Crippen LogP contribution in [0, 0.1) is 0 Å². The Hall–Kier alpha value is -2.47. The van der Waals surface area contributed by atoms with Gasteiger partial charge >= 0.3 is 5.97 Å². The van der Waals surface area contributed by atoms with Crippen molar-refractivity contribution >= 4 is 33.2 Å². The van der Waals surface area contributed by atoms with E-state index in [-0.39, 0.29) is 6.42 Å². The Morgan fingerprint density at radius 2 is 2.14 bits per heavy atom. The van der Waals surface area contributed by atoms with Crippen LogP contribution in [0.5, 0.6) is 0 Å². The fourth-order valence-electron chi connectivity index (χ4n) is 2.47. The van der Waals surface area contributed by atoms with Crippen molar-refractivity contribution < 1.29 is 9.90 Å². The molecule has 0 fully saturated rings. The number of rotatable bonds is 5. The first-order valence-electron chi connectivity index (χ1n) is 6.82. The Bertz CT molecular complexity index is 816. The molecule has 3 rings (SSSR count). The van der Waals surface area contributed by atoms with Gasteiger partial charge in [0.15, 0.2) is 0 Å². The minimum atomic E-state index is -0.884. The molecule has 0 bridgehead atoms. The third kappa shape index (κ3) is 2.92. The molecule has 0 aliphatic rings. The molecule has 112 valence electrons. The van der Waals surface area contributed by atoms with Crippen LogP contribution in [0.1, 0.15) is 11.1 Å². The van der Waals surface area contributed by atoms with Gasteiger partial charge in [-0.3, -0.25) is 4.79 Å². The highest BCUT2D eigenvalue weighted by Gasteiger charge is 2.14. The molecule has 0 spiro atoms. The zero-order chi connectivity index (χ0) is 15.5. The van der Waals surface area contributed by atoms with E-state index in [0.29, 0.717) is 17.9 Å². The van der Waals surface area contributed by atoms with Crippen molar-refractivity contribution in [1.29, 1.82) is 0 Å². The highest BCUT2D eigenvalue weighted by Crippen LogP contribution is 2.28. The molecule has 1 N–H and O–H groups in total. The number of fused-ring (bicyclic) bond motifs is 1. The molecule has 0 saturated carbocycles. The fourth-order valence-corrected chi connectivity index (χ4v) is 3.42. The maximum atomic E-state index is 11.0. The molecule has 0 unspecified atom stereocenters. The minimum absolute atomic E-state index is 0.0785. The largest absolute Gasteiger partial charge is 0.481 e. The first kappa shape index (κ1) is 14.5. The summed E-state index contributed by atoms with van der Waals surface area (Å²) in [7, 11) is 1.92. The number of anilines is 1. The van der Waals surface area contributed by atoms with Crippen LogP contribution in [-0.4, -0.2) is 28.1 Å². The van der Waals surface area contributed by atoms with Gasteiger partial charge in [0, 0.05) is 30.1 Å². The van der Waals surface area contributed by atoms with Gasteiger partial charge in [-0.2, -0.15) is 0 Å². The lowest BCUT2D eigenvalue weighted by molar-refractivity contribution is -0.136. The Labute approximate surface area is 131 Å². The van der Waals surface area contributed by atoms with Crippen LogP contribution in [0.2, 0.25) is 0 Å². The average molecular weight is 313 g/mol. The Balaban J connectivity index is 1.88. The lowest BCUT2D eigenvalue weighted by atomic mass is 10.1. The van der Waals surface area contributed by atoms with Gasteiger partial charge in [-0.25, -0.2) is 9.97 Å². The smallest absolute Gasteiger partial charge is 0.308 e. The summed E-state index contributed by atoms with van der Waals surface area (Å²) < 4.78 is 1.25. The summed E-state index contributed by atoms with van der Waals surface area (Å²) in [6.07, 6.45) is 2.94. The highest BCUT2D eigenvalue weighted by atomic mass is 32.1. The van der Waals surface area contributed by atoms with E-state index in [9.17, 15) is 4.79 Å². The van der Waals surface area contributed by atoms with E-state index in [0.717, 1.165) is 0 Å². The lowest BCUT2D eigenvalue weighted by Crippen LogP contribution is -2.20. The molecule has 0 atom stereocenters. The number of carboxylic acids is 1. The van der Waals surface area contributed by atoms with Crippen molar-refractivity contribution in [3.63, 3.8) is 0 Å². The molecule has 6 heteroatoms. The molecule has 0 radical (unpaired) electrons. The standard InChI is InChI=1S/C16H15N3O2S/c1-19(16-11(6-15(20)21)7-17-10-18-16)8-12-9-22-14-5-3-2-4-13(12)14/h2-5,7,9-10H,6,8H2,1H3,(H,20,21). The number of thiophene rings is 1. The molecule has 22 heavy (non-hydrogen) atoms. The van der Waals surface area contributed by atoms with Crippen molar-refractivity contribution in [1.82, 2.24) is 9.97 Å². The second kappa shape index (κ2) is 6.11. The quantitative estimate of drug-likeness (QED) is 0.784. The molecule has 1 aromatic carbocycles. The van der Waals surface area contributed by atoms with Crippen LogP contribution in [0.4, 0.5) is 5.82 Å². The van der Waals surface area contributed by atoms with Crippen molar-refractivity contribution in [2.24, 2.45) is 0 Å². The summed E-state index contributed by atoms with van der Waals surface area (Å²) in [6, 6.07) is 8.26. The van der Waals surface area contributed by atoms with Crippen molar-refractivity contribution in [2.75, 3.05) is 11.9 Å². The number of carbonyl (C=O) groups is 1. The van der Waals surface area contributed by atoms with Crippen LogP contribution in [0.15, 0.2) is 42.2 Å². The molecule has 2 aromatic heterocycles. The molecule has 0 aliphatic heterocycles. The Morgan fingerprint density at radius 3 is 2.95 bits per heavy atom. The van der Waals surface area contributed by atoms with Gasteiger partial charge in [-0.1, -0.05) is 18.2 Å². The summed E-state index contributed by atoms with van der Waals surface area (Å²) in [5.41, 5.74) is 1.83. The van der Waals surface area contributed by atoms with Gasteiger partial charge in [0.2, 0.25) is 0 Å². The zero-order valence-electron chi connectivity index (χ0n) is 12.1. The fraction of sp³-hybridized carbons (Fsp3) is 0.188. The number of benzene rings is 1. The van der Waals surface area contributed by atoms with E-state index in [2.05, 4.69) is 27.5 Å². The summed E-state index contributed by atoms with van der Waals surface area (Å²) in [4.78, 5) is 21.1. The van der Waals surface area contributed by atoms with Crippen molar-refractivity contribution in [3.05, 3.63) is 53.3 Å². The van der Waals surface area contributed by atoms with Gasteiger partial charge in [-0.05, 0) is 22.4 Å². The van der Waals surface area contributed by atoms with E-state index >= 15 is 0 Å². The van der Waals surface area contributed by atoms with E-state index in [1.165, 1.54) is 22.0 Å². The molecular weight excluding hydrogens is 298 g/mol. The third-order valence-corrected chi connectivity index (χ3v) is 4.45. The van der Waals surface area contributed by atoms with Gasteiger partial charge in [0.05, 0.1) is 6.42 Å². The molecule has 0 amide bonds. The molecule has 5 nitrogen and oxygen atoms in total. The van der Waals surface area contributed by atoms with Crippen LogP contribution < -0.4 is 4.90 Å². The number of hydrogen-bond acceptors (Lipinski definition) is 5. The number of hydrogen-bond donors (Lipinski definition) is 1. The minimum Gasteiger partial charge on any atom is -0.481 e. The molecule has 0 saturated heterocycles. The second-order valence-corrected chi connectivity index (χ2v) is 5.97. The maximum Gasteiger partial charge on any atom is 0.308 e. The van der Waals surface area contributed by atoms with E-state index in [4.69, 9.17) is 5.11 Å². The number of carboxylic acid groups (broad SMARTS) is 1. The zero-order valence-corrected chi connectivity index (χ0v) is 12.9. The lowest BCUT2D eigenvalue weighted by Gasteiger charge is -2.20. The molecule has 3 aromatic rings. The second-order valence-electron chi connectivity index (χ2n) is 5.06. The van der Waals surface area contributed by atoms with Crippen LogP contribution in [0.3, 0.4) is 0 Å². The van der Waals surface area contributed by atoms with Gasteiger partial charge in [0.25, 0.3) is 0 Å². The third-order valence-electron chi connectivity index (χ3n) is 3.44. The molecule has 0 aliphatic carbocycles. The molecular formula is C16H15N3O2S. The van der Waals surface area contributed by atoms with Crippen LogP contribution >= 0.6 is 11.3 Å². The topological polar surface area (TPSA) is 66.3 Å². The normalized spacial score (nSPS) is 10.8. The number of nitrogens with zero attached hydrogens (tertiary/aromatic N) is 3. The Kier molecular flexibility index (Phi) is 4.02. The number of aromatic nitrogens is 2. The van der Waals surface area contributed by atoms with E-state index in [1.54, 1.807) is 17.5 Å². The van der Waals surface area contributed by atoms with Crippen LogP contribution in [0.25, 0.3) is 10.1 Å². The summed E-state index contributed by atoms with van der Waals surface area (Å²) in [6.45, 7) is 0.674. The van der Waals surface area contributed by atoms with E-state index < -0.39 is 5.97 Å². The maximum absolute atomic E-state index is 11.0. The molecule has 2 heterocycles. The first-order valence-corrected chi connectivity index (χ1v) is 7.70. The number of aliphatic carboxylic acids is 1. The summed E-state index contributed by atoms with van der Waals surface area (Å²) in [5.74, 6) is -0.224. The van der Waals surface area contributed by atoms with Gasteiger partial charge < -0.3 is 10.0 Å². The van der Waals surface area contributed by atoms with Crippen LogP contribution in [-0.2, 0) is 17.8 Å². The van der Waals surface area contributed by atoms with E-state index in [1.807, 2.05) is 24.1 Å². The highest BCUT2D eigenvalue weighted by molar-refractivity contribution is 7.17. The average Bonchev–Trinajstić information content (AvgIpc) is 2.90. The summed E-state index contributed by atoms with van der Waals surface area (Å²) in [5, 5.41) is 12.4. The monoisotopic (exact) mass is 313 g/mol. The van der Waals surface area contributed by atoms with Crippen molar-refractivity contribution in [3.8, 4) is 0 Å². The van der Waals surface area contributed by atoms with Gasteiger partial charge in [-0.15, -0.1) is 11.3 Å². The SMILES string of the molecule is CN(Cc1csc2ccccc12)c1ncncc1CC(=O)O. The Morgan fingerprint density at radius 1 is 1.32 bits per heavy atom. The predicted octanol–water partition coefficient (Wildman–Crippen LogP) is 2.95. The predicted molar refractivity (Wildman–Crippen MR) is 87.3 cm³/mol.